The molecular formula is C19H28FN3O2. The van der Waals surface area contributed by atoms with Crippen molar-refractivity contribution in [3.8, 4) is 0 Å². The molecule has 138 valence electrons. The molecular weight excluding hydrogens is 321 g/mol. The Balaban J connectivity index is 1.64. The SMILES string of the molecule is CN(C)CCN(C[C@@H]1CCCO1)C(=O)N[C@H]1CCc2c(F)cccc21. The van der Waals surface area contributed by atoms with Crippen LogP contribution >= 0.6 is 0 Å². The standard InChI is InChI=1S/C19H28FN3O2/c1-22(2)10-11-23(13-14-5-4-12-25-14)19(24)21-18-9-8-15-16(18)6-3-7-17(15)20/h3,6-7,14,18H,4-5,8-13H2,1-2H3,(H,21,24)/t14-,18-/m0/s1. The van der Waals surface area contributed by atoms with E-state index in [1.807, 2.05) is 25.1 Å². The summed E-state index contributed by atoms with van der Waals surface area (Å²) in [5, 5.41) is 3.11. The first-order valence-corrected chi connectivity index (χ1v) is 9.13. The summed E-state index contributed by atoms with van der Waals surface area (Å²) < 4.78 is 19.6. The van der Waals surface area contributed by atoms with Gasteiger partial charge in [0.1, 0.15) is 5.82 Å². The molecule has 1 heterocycles. The number of fused-ring (bicyclic) bond motifs is 1. The van der Waals surface area contributed by atoms with Crippen molar-refractivity contribution in [1.82, 2.24) is 15.1 Å². The summed E-state index contributed by atoms with van der Waals surface area (Å²) in [7, 11) is 4.00. The van der Waals surface area contributed by atoms with Crippen molar-refractivity contribution in [3.05, 3.63) is 35.1 Å². The molecule has 0 saturated carbocycles. The second kappa shape index (κ2) is 8.15. The van der Waals surface area contributed by atoms with Gasteiger partial charge in [0.2, 0.25) is 0 Å². The molecule has 6 heteroatoms. The molecule has 2 aliphatic rings. The molecule has 0 bridgehead atoms. The third-order valence-corrected chi connectivity index (χ3v) is 5.06. The quantitative estimate of drug-likeness (QED) is 0.858. The van der Waals surface area contributed by atoms with Crippen LogP contribution in [0.25, 0.3) is 0 Å². The molecule has 2 atom stereocenters. The number of carbonyl (C=O) groups is 1. The van der Waals surface area contributed by atoms with Crippen molar-refractivity contribution in [2.75, 3.05) is 40.3 Å². The fourth-order valence-corrected chi connectivity index (χ4v) is 3.63. The van der Waals surface area contributed by atoms with Crippen LogP contribution < -0.4 is 5.32 Å². The number of hydrogen-bond acceptors (Lipinski definition) is 3. The minimum atomic E-state index is -0.168. The Morgan fingerprint density at radius 1 is 1.32 bits per heavy atom. The number of nitrogens with one attached hydrogen (secondary N) is 1. The molecule has 0 radical (unpaired) electrons. The fraction of sp³-hybridized carbons (Fsp3) is 0.632. The van der Waals surface area contributed by atoms with E-state index in [0.29, 0.717) is 19.5 Å². The van der Waals surface area contributed by atoms with Gasteiger partial charge >= 0.3 is 6.03 Å². The average Bonchev–Trinajstić information content (AvgIpc) is 3.22. The van der Waals surface area contributed by atoms with E-state index >= 15 is 0 Å². The van der Waals surface area contributed by atoms with Gasteiger partial charge in [0.05, 0.1) is 12.1 Å². The number of benzene rings is 1. The summed E-state index contributed by atoms with van der Waals surface area (Å²) in [6.45, 7) is 2.85. The maximum Gasteiger partial charge on any atom is 0.318 e. The van der Waals surface area contributed by atoms with Gasteiger partial charge in [0.15, 0.2) is 0 Å². The van der Waals surface area contributed by atoms with Crippen molar-refractivity contribution < 1.29 is 13.9 Å². The third-order valence-electron chi connectivity index (χ3n) is 5.06. The van der Waals surface area contributed by atoms with Crippen LogP contribution in [0.3, 0.4) is 0 Å². The Morgan fingerprint density at radius 3 is 2.88 bits per heavy atom. The van der Waals surface area contributed by atoms with Crippen LogP contribution in [0.15, 0.2) is 18.2 Å². The van der Waals surface area contributed by atoms with E-state index < -0.39 is 0 Å². The largest absolute Gasteiger partial charge is 0.376 e. The molecule has 0 spiro atoms. The van der Waals surface area contributed by atoms with E-state index in [4.69, 9.17) is 4.74 Å². The van der Waals surface area contributed by atoms with Crippen LogP contribution in [0.2, 0.25) is 0 Å². The Bertz CT molecular complexity index is 602. The second-order valence-electron chi connectivity index (χ2n) is 7.23. The topological polar surface area (TPSA) is 44.8 Å². The highest BCUT2D eigenvalue weighted by Gasteiger charge is 2.29. The average molecular weight is 349 g/mol. The molecule has 1 aliphatic carbocycles. The third kappa shape index (κ3) is 4.50. The first-order valence-electron chi connectivity index (χ1n) is 9.13. The van der Waals surface area contributed by atoms with Gasteiger partial charge in [0, 0.05) is 26.2 Å². The van der Waals surface area contributed by atoms with Crippen molar-refractivity contribution in [1.29, 1.82) is 0 Å². The van der Waals surface area contributed by atoms with E-state index in [1.54, 1.807) is 6.07 Å². The smallest absolute Gasteiger partial charge is 0.318 e. The van der Waals surface area contributed by atoms with Crippen LogP contribution in [-0.2, 0) is 11.2 Å². The number of rotatable bonds is 6. The molecule has 0 unspecified atom stereocenters. The first-order chi connectivity index (χ1) is 12.0. The van der Waals surface area contributed by atoms with Crippen molar-refractivity contribution in [2.24, 2.45) is 0 Å². The number of urea groups is 1. The van der Waals surface area contributed by atoms with E-state index in [0.717, 1.165) is 43.5 Å². The predicted octanol–water partition coefficient (Wildman–Crippen LogP) is 2.57. The molecule has 1 aromatic carbocycles. The Kier molecular flexibility index (Phi) is 5.91. The summed E-state index contributed by atoms with van der Waals surface area (Å²) in [5.41, 5.74) is 1.66. The van der Waals surface area contributed by atoms with Crippen LogP contribution in [0.4, 0.5) is 9.18 Å². The molecule has 1 N–H and O–H groups in total. The van der Waals surface area contributed by atoms with E-state index in [9.17, 15) is 9.18 Å². The molecule has 1 aromatic rings. The molecule has 2 amide bonds. The highest BCUT2D eigenvalue weighted by atomic mass is 19.1. The van der Waals surface area contributed by atoms with Crippen molar-refractivity contribution in [2.45, 2.75) is 37.8 Å². The summed E-state index contributed by atoms with van der Waals surface area (Å²) in [6, 6.07) is 4.93. The zero-order valence-corrected chi connectivity index (χ0v) is 15.1. The lowest BCUT2D eigenvalue weighted by Gasteiger charge is -2.28. The minimum absolute atomic E-state index is 0.0838. The number of nitrogens with zero attached hydrogens (tertiary/aromatic N) is 2. The maximum atomic E-state index is 13.9. The van der Waals surface area contributed by atoms with E-state index in [-0.39, 0.29) is 24.0 Å². The van der Waals surface area contributed by atoms with Gasteiger partial charge in [-0.05, 0) is 57.0 Å². The monoisotopic (exact) mass is 349 g/mol. The van der Waals surface area contributed by atoms with E-state index in [2.05, 4.69) is 10.2 Å². The van der Waals surface area contributed by atoms with Crippen molar-refractivity contribution in [3.63, 3.8) is 0 Å². The molecule has 25 heavy (non-hydrogen) atoms. The lowest BCUT2D eigenvalue weighted by Crippen LogP contribution is -2.47. The number of halogens is 1. The highest BCUT2D eigenvalue weighted by molar-refractivity contribution is 5.75. The highest BCUT2D eigenvalue weighted by Crippen LogP contribution is 2.32. The molecule has 5 nitrogen and oxygen atoms in total. The minimum Gasteiger partial charge on any atom is -0.376 e. The molecule has 3 rings (SSSR count). The first kappa shape index (κ1) is 18.1. The van der Waals surface area contributed by atoms with Gasteiger partial charge < -0.3 is 19.9 Å². The number of likely N-dealkylation sites (N-methyl/N-ethyl adjacent to an activating group) is 1. The molecule has 1 fully saturated rings. The predicted molar refractivity (Wildman–Crippen MR) is 95.1 cm³/mol. The number of carbonyl (C=O) groups excluding carboxylic acids is 1. The van der Waals surface area contributed by atoms with Crippen LogP contribution in [-0.4, -0.2) is 62.3 Å². The van der Waals surface area contributed by atoms with Crippen LogP contribution in [0.1, 0.15) is 36.4 Å². The van der Waals surface area contributed by atoms with Gasteiger partial charge in [-0.2, -0.15) is 0 Å². The van der Waals surface area contributed by atoms with Gasteiger partial charge in [-0.1, -0.05) is 12.1 Å². The van der Waals surface area contributed by atoms with Gasteiger partial charge in [-0.15, -0.1) is 0 Å². The summed E-state index contributed by atoms with van der Waals surface area (Å²) in [4.78, 5) is 16.7. The summed E-state index contributed by atoms with van der Waals surface area (Å²) in [6.07, 6.45) is 3.62. The molecule has 0 aromatic heterocycles. The number of amides is 2. The Labute approximate surface area is 149 Å². The fourth-order valence-electron chi connectivity index (χ4n) is 3.63. The molecule has 1 aliphatic heterocycles. The zero-order valence-electron chi connectivity index (χ0n) is 15.1. The molecule has 1 saturated heterocycles. The summed E-state index contributed by atoms with van der Waals surface area (Å²) >= 11 is 0. The Hall–Kier alpha value is -1.66. The van der Waals surface area contributed by atoms with Gasteiger partial charge in [-0.3, -0.25) is 0 Å². The number of ether oxygens (including phenoxy) is 1. The van der Waals surface area contributed by atoms with E-state index in [1.165, 1.54) is 6.07 Å². The Morgan fingerprint density at radius 2 is 2.16 bits per heavy atom. The van der Waals surface area contributed by atoms with Crippen molar-refractivity contribution >= 4 is 6.03 Å². The second-order valence-corrected chi connectivity index (χ2v) is 7.23. The normalized spacial score (nSPS) is 22.2. The summed E-state index contributed by atoms with van der Waals surface area (Å²) in [5.74, 6) is -0.168. The lowest BCUT2D eigenvalue weighted by atomic mass is 10.1. The van der Waals surface area contributed by atoms with Gasteiger partial charge in [-0.25, -0.2) is 9.18 Å². The zero-order chi connectivity index (χ0) is 17.8. The van der Waals surface area contributed by atoms with Gasteiger partial charge in [0.25, 0.3) is 0 Å². The van der Waals surface area contributed by atoms with Crippen LogP contribution in [0.5, 0.6) is 0 Å². The maximum absolute atomic E-state index is 13.9. The van der Waals surface area contributed by atoms with Crippen LogP contribution in [0, 0.1) is 5.82 Å². The lowest BCUT2D eigenvalue weighted by molar-refractivity contribution is 0.0790. The number of hydrogen-bond donors (Lipinski definition) is 1.